The number of aromatic amines is 1. The summed E-state index contributed by atoms with van der Waals surface area (Å²) in [6.07, 6.45) is -4.93. The van der Waals surface area contributed by atoms with Crippen LogP contribution >= 0.6 is 0 Å². The highest BCUT2D eigenvalue weighted by atomic mass is 19.4. The van der Waals surface area contributed by atoms with E-state index in [1.165, 1.54) is 19.1 Å². The van der Waals surface area contributed by atoms with E-state index < -0.39 is 29.8 Å². The van der Waals surface area contributed by atoms with Crippen LogP contribution < -0.4 is 5.32 Å². The maximum atomic E-state index is 13.3. The van der Waals surface area contributed by atoms with E-state index in [1.54, 1.807) is 19.1 Å². The Hall–Kier alpha value is -2.51. The summed E-state index contributed by atoms with van der Waals surface area (Å²) in [7, 11) is 0. The number of hydrogen-bond acceptors (Lipinski definition) is 3. The highest BCUT2D eigenvalue weighted by Crippen LogP contribution is 2.36. The summed E-state index contributed by atoms with van der Waals surface area (Å²) in [4.78, 5) is 25.6. The number of halogens is 3. The summed E-state index contributed by atoms with van der Waals surface area (Å²) in [5.74, 6) is -1.30. The van der Waals surface area contributed by atoms with Gasteiger partial charge in [0.05, 0.1) is 6.61 Å². The van der Waals surface area contributed by atoms with E-state index in [-0.39, 0.29) is 18.6 Å². The van der Waals surface area contributed by atoms with E-state index in [0.29, 0.717) is 10.9 Å². The molecule has 0 radical (unpaired) electrons. The quantitative estimate of drug-likeness (QED) is 0.821. The van der Waals surface area contributed by atoms with Crippen LogP contribution in [0.15, 0.2) is 24.3 Å². The van der Waals surface area contributed by atoms with Crippen LogP contribution in [0.3, 0.4) is 0 Å². The van der Waals surface area contributed by atoms with Gasteiger partial charge in [-0.1, -0.05) is 18.2 Å². The summed E-state index contributed by atoms with van der Waals surface area (Å²) in [6, 6.07) is 5.08. The Morgan fingerprint density at radius 1 is 1.29 bits per heavy atom. The first-order valence-electron chi connectivity index (χ1n) is 7.34. The van der Waals surface area contributed by atoms with Crippen molar-refractivity contribution in [1.82, 2.24) is 10.3 Å². The highest BCUT2D eigenvalue weighted by molar-refractivity contribution is 5.87. The van der Waals surface area contributed by atoms with Crippen molar-refractivity contribution in [2.24, 2.45) is 0 Å². The Kier molecular flexibility index (Phi) is 5.16. The second kappa shape index (κ2) is 6.94. The normalized spacial score (nSPS) is 12.9. The third-order valence-corrected chi connectivity index (χ3v) is 3.45. The smallest absolute Gasteiger partial charge is 0.431 e. The molecule has 1 aromatic heterocycles. The van der Waals surface area contributed by atoms with Gasteiger partial charge in [-0.3, -0.25) is 4.79 Å². The number of hydrogen-bond donors (Lipinski definition) is 2. The minimum absolute atomic E-state index is 0.0644. The van der Waals surface area contributed by atoms with Crippen molar-refractivity contribution in [3.8, 4) is 0 Å². The average Bonchev–Trinajstić information content (AvgIpc) is 2.85. The van der Waals surface area contributed by atoms with Gasteiger partial charge in [0.1, 0.15) is 11.7 Å². The summed E-state index contributed by atoms with van der Waals surface area (Å²) < 4.78 is 44.8. The van der Waals surface area contributed by atoms with Gasteiger partial charge in [0.15, 0.2) is 0 Å². The van der Waals surface area contributed by atoms with Gasteiger partial charge in [-0.25, -0.2) is 4.79 Å². The van der Waals surface area contributed by atoms with Crippen molar-refractivity contribution in [2.45, 2.75) is 32.5 Å². The lowest BCUT2D eigenvalue weighted by Crippen LogP contribution is -2.42. The molecule has 0 saturated carbocycles. The molecule has 1 amide bonds. The number of nitrogens with one attached hydrogen (secondary N) is 2. The number of ether oxygens (including phenoxy) is 1. The standard InChI is InChI=1S/C16H17F3N2O3/c1-3-24-15(23)13(20-9(2)22)8-11-10-6-4-5-7-12(10)21-14(11)16(17,18)19/h4-7,13,21H,3,8H2,1-2H3,(H,20,22). The van der Waals surface area contributed by atoms with Crippen molar-refractivity contribution in [3.05, 3.63) is 35.5 Å². The third kappa shape index (κ3) is 3.87. The second-order valence-corrected chi connectivity index (χ2v) is 5.23. The van der Waals surface area contributed by atoms with Gasteiger partial charge in [-0.15, -0.1) is 0 Å². The van der Waals surface area contributed by atoms with Crippen LogP contribution in [-0.4, -0.2) is 29.5 Å². The maximum absolute atomic E-state index is 13.3. The zero-order valence-electron chi connectivity index (χ0n) is 13.2. The van der Waals surface area contributed by atoms with Crippen LogP contribution in [0.2, 0.25) is 0 Å². The molecule has 0 spiro atoms. The van der Waals surface area contributed by atoms with Crippen LogP contribution in [0.5, 0.6) is 0 Å². The first-order valence-corrected chi connectivity index (χ1v) is 7.34. The van der Waals surface area contributed by atoms with Crippen molar-refractivity contribution in [3.63, 3.8) is 0 Å². The Balaban J connectivity index is 2.48. The average molecular weight is 342 g/mol. The number of rotatable bonds is 5. The molecule has 0 aliphatic carbocycles. The van der Waals surface area contributed by atoms with Crippen LogP contribution in [0.4, 0.5) is 13.2 Å². The Bertz CT molecular complexity index is 753. The minimum Gasteiger partial charge on any atom is -0.464 e. The van der Waals surface area contributed by atoms with Gasteiger partial charge < -0.3 is 15.0 Å². The van der Waals surface area contributed by atoms with E-state index in [2.05, 4.69) is 10.3 Å². The molecule has 5 nitrogen and oxygen atoms in total. The number of amides is 1. The van der Waals surface area contributed by atoms with Crippen molar-refractivity contribution in [2.75, 3.05) is 6.61 Å². The molecule has 2 aromatic rings. The predicted molar refractivity (Wildman–Crippen MR) is 81.2 cm³/mol. The largest absolute Gasteiger partial charge is 0.464 e. The number of fused-ring (bicyclic) bond motifs is 1. The first-order chi connectivity index (χ1) is 11.2. The number of H-pyrrole nitrogens is 1. The molecule has 2 N–H and O–H groups in total. The molecule has 0 saturated heterocycles. The topological polar surface area (TPSA) is 71.2 Å². The lowest BCUT2D eigenvalue weighted by molar-refractivity contribution is -0.148. The number of carbonyl (C=O) groups excluding carboxylic acids is 2. The third-order valence-electron chi connectivity index (χ3n) is 3.45. The number of benzene rings is 1. The molecule has 2 rings (SSSR count). The molecule has 8 heteroatoms. The zero-order chi connectivity index (χ0) is 17.9. The number of para-hydroxylation sites is 1. The summed E-state index contributed by atoms with van der Waals surface area (Å²) in [5, 5.41) is 2.70. The Labute approximate surface area is 136 Å². The zero-order valence-corrected chi connectivity index (χ0v) is 13.2. The van der Waals surface area contributed by atoms with Crippen molar-refractivity contribution in [1.29, 1.82) is 0 Å². The molecule has 24 heavy (non-hydrogen) atoms. The number of esters is 1. The lowest BCUT2D eigenvalue weighted by atomic mass is 10.0. The van der Waals surface area contributed by atoms with Crippen molar-refractivity contribution >= 4 is 22.8 Å². The van der Waals surface area contributed by atoms with Crippen LogP contribution in [0.1, 0.15) is 25.1 Å². The monoisotopic (exact) mass is 342 g/mol. The van der Waals surface area contributed by atoms with E-state index in [9.17, 15) is 22.8 Å². The summed E-state index contributed by atoms with van der Waals surface area (Å²) >= 11 is 0. The number of aromatic nitrogens is 1. The molecule has 1 atom stereocenters. The molecule has 1 heterocycles. The van der Waals surface area contributed by atoms with Crippen LogP contribution in [-0.2, 0) is 26.9 Å². The van der Waals surface area contributed by atoms with E-state index in [0.717, 1.165) is 0 Å². The minimum atomic E-state index is -4.61. The van der Waals surface area contributed by atoms with Gasteiger partial charge in [0.2, 0.25) is 5.91 Å². The molecule has 0 bridgehead atoms. The maximum Gasteiger partial charge on any atom is 0.431 e. The Morgan fingerprint density at radius 3 is 2.54 bits per heavy atom. The van der Waals surface area contributed by atoms with Gasteiger partial charge in [0, 0.05) is 24.2 Å². The Morgan fingerprint density at radius 2 is 1.96 bits per heavy atom. The molecule has 0 aliphatic rings. The lowest BCUT2D eigenvalue weighted by Gasteiger charge is -2.17. The van der Waals surface area contributed by atoms with Gasteiger partial charge >= 0.3 is 12.1 Å². The summed E-state index contributed by atoms with van der Waals surface area (Å²) in [5.41, 5.74) is -0.696. The fourth-order valence-corrected chi connectivity index (χ4v) is 2.54. The van der Waals surface area contributed by atoms with Gasteiger partial charge in [-0.2, -0.15) is 13.2 Å². The van der Waals surface area contributed by atoms with E-state index in [1.807, 2.05) is 0 Å². The first kappa shape index (κ1) is 17.8. The molecule has 0 aliphatic heterocycles. The molecule has 130 valence electrons. The van der Waals surface area contributed by atoms with E-state index >= 15 is 0 Å². The molecular weight excluding hydrogens is 325 g/mol. The fraction of sp³-hybridized carbons (Fsp3) is 0.375. The molecule has 1 unspecified atom stereocenters. The summed E-state index contributed by atoms with van der Waals surface area (Å²) in [6.45, 7) is 2.83. The van der Waals surface area contributed by atoms with Crippen LogP contribution in [0, 0.1) is 0 Å². The molecular formula is C16H17F3N2O3. The predicted octanol–water partition coefficient (Wildman–Crippen LogP) is 2.80. The van der Waals surface area contributed by atoms with E-state index in [4.69, 9.17) is 4.74 Å². The fourth-order valence-electron chi connectivity index (χ4n) is 2.54. The second-order valence-electron chi connectivity index (χ2n) is 5.23. The molecule has 0 fully saturated rings. The SMILES string of the molecule is CCOC(=O)C(Cc1c(C(F)(F)F)[nH]c2ccccc12)NC(C)=O. The van der Waals surface area contributed by atoms with Gasteiger partial charge in [-0.05, 0) is 18.6 Å². The number of carbonyl (C=O) groups is 2. The highest BCUT2D eigenvalue weighted by Gasteiger charge is 2.37. The van der Waals surface area contributed by atoms with Crippen molar-refractivity contribution < 1.29 is 27.5 Å². The van der Waals surface area contributed by atoms with Crippen LogP contribution in [0.25, 0.3) is 10.9 Å². The number of alkyl halides is 3. The van der Waals surface area contributed by atoms with Gasteiger partial charge in [0.25, 0.3) is 0 Å². The molecule has 1 aromatic carbocycles.